The second kappa shape index (κ2) is 11.5. The number of unbranched alkanes of at least 4 members (excludes halogenated alkanes) is 5. The molecule has 1 rings (SSSR count). The van der Waals surface area contributed by atoms with Crippen molar-refractivity contribution in [3.63, 3.8) is 0 Å². The van der Waals surface area contributed by atoms with Gasteiger partial charge in [0.15, 0.2) is 0 Å². The summed E-state index contributed by atoms with van der Waals surface area (Å²) in [6.07, 6.45) is 10.1. The fourth-order valence-electron chi connectivity index (χ4n) is 1.99. The molecule has 0 aromatic heterocycles. The first kappa shape index (κ1) is 19.9. The lowest BCUT2D eigenvalue weighted by Crippen LogP contribution is -2.06. The minimum Gasteiger partial charge on any atom is -0.478 e. The van der Waals surface area contributed by atoms with E-state index in [4.69, 9.17) is 10.2 Å². The smallest absolute Gasteiger partial charge is 0.335 e. The van der Waals surface area contributed by atoms with E-state index in [0.717, 1.165) is 0 Å². The van der Waals surface area contributed by atoms with E-state index in [1.54, 1.807) is 0 Å². The maximum Gasteiger partial charge on any atom is 0.335 e. The SMILES string of the molecule is C=CCCCCCCC.Cc1c(C(=O)O)cccc1C(=O)O. The molecule has 0 saturated heterocycles. The van der Waals surface area contributed by atoms with Crippen molar-refractivity contribution < 1.29 is 19.8 Å². The van der Waals surface area contributed by atoms with E-state index >= 15 is 0 Å². The summed E-state index contributed by atoms with van der Waals surface area (Å²) in [5, 5.41) is 17.4. The lowest BCUT2D eigenvalue weighted by molar-refractivity contribution is 0.0696. The van der Waals surface area contributed by atoms with Crippen LogP contribution in [-0.4, -0.2) is 22.2 Å². The Morgan fingerprint density at radius 2 is 1.55 bits per heavy atom. The Morgan fingerprint density at radius 1 is 1.05 bits per heavy atom. The van der Waals surface area contributed by atoms with Gasteiger partial charge in [-0.1, -0.05) is 44.7 Å². The molecule has 0 saturated carbocycles. The molecule has 0 atom stereocenters. The predicted molar refractivity (Wildman–Crippen MR) is 88.7 cm³/mol. The molecule has 0 bridgehead atoms. The van der Waals surface area contributed by atoms with E-state index in [0.29, 0.717) is 0 Å². The van der Waals surface area contributed by atoms with Gasteiger partial charge in [-0.25, -0.2) is 9.59 Å². The van der Waals surface area contributed by atoms with Crippen LogP contribution in [0.2, 0.25) is 0 Å². The number of carboxylic acids is 2. The fraction of sp³-hybridized carbons (Fsp3) is 0.444. The van der Waals surface area contributed by atoms with Gasteiger partial charge in [-0.15, -0.1) is 6.58 Å². The van der Waals surface area contributed by atoms with Gasteiger partial charge in [0.2, 0.25) is 0 Å². The summed E-state index contributed by atoms with van der Waals surface area (Å²) < 4.78 is 0. The van der Waals surface area contributed by atoms with Crippen molar-refractivity contribution in [2.45, 2.75) is 52.4 Å². The number of allylic oxidation sites excluding steroid dienone is 1. The van der Waals surface area contributed by atoms with E-state index in [1.165, 1.54) is 63.6 Å². The Balaban J connectivity index is 0.000000433. The molecular weight excluding hydrogens is 280 g/mol. The van der Waals surface area contributed by atoms with E-state index in [9.17, 15) is 9.59 Å². The van der Waals surface area contributed by atoms with E-state index in [2.05, 4.69) is 13.5 Å². The van der Waals surface area contributed by atoms with Crippen LogP contribution in [0.3, 0.4) is 0 Å². The second-order valence-corrected chi connectivity index (χ2v) is 5.08. The van der Waals surface area contributed by atoms with Crippen molar-refractivity contribution in [1.82, 2.24) is 0 Å². The van der Waals surface area contributed by atoms with E-state index < -0.39 is 11.9 Å². The van der Waals surface area contributed by atoms with Gasteiger partial charge in [0.25, 0.3) is 0 Å². The first-order valence-electron chi connectivity index (χ1n) is 7.62. The molecule has 1 aromatic rings. The van der Waals surface area contributed by atoms with Crippen LogP contribution in [0.4, 0.5) is 0 Å². The zero-order valence-corrected chi connectivity index (χ0v) is 13.5. The Morgan fingerprint density at radius 3 is 1.95 bits per heavy atom. The van der Waals surface area contributed by atoms with E-state index in [1.807, 2.05) is 6.08 Å². The van der Waals surface area contributed by atoms with Crippen LogP contribution in [-0.2, 0) is 0 Å². The summed E-state index contributed by atoms with van der Waals surface area (Å²) in [5.41, 5.74) is 0.335. The molecule has 4 nitrogen and oxygen atoms in total. The molecule has 0 fully saturated rings. The van der Waals surface area contributed by atoms with Crippen LogP contribution in [0.1, 0.15) is 71.7 Å². The highest BCUT2D eigenvalue weighted by atomic mass is 16.4. The van der Waals surface area contributed by atoms with Crippen molar-refractivity contribution in [2.24, 2.45) is 0 Å². The fourth-order valence-corrected chi connectivity index (χ4v) is 1.99. The lowest BCUT2D eigenvalue weighted by atomic mass is 10.0. The molecule has 0 spiro atoms. The van der Waals surface area contributed by atoms with E-state index in [-0.39, 0.29) is 16.7 Å². The highest BCUT2D eigenvalue weighted by Crippen LogP contribution is 2.13. The molecule has 0 amide bonds. The third-order valence-corrected chi connectivity index (χ3v) is 3.31. The minimum absolute atomic E-state index is 0.0277. The summed E-state index contributed by atoms with van der Waals surface area (Å²) in [7, 11) is 0. The molecule has 0 heterocycles. The van der Waals surface area contributed by atoms with Crippen LogP contribution in [0.15, 0.2) is 30.9 Å². The number of hydrogen-bond acceptors (Lipinski definition) is 2. The van der Waals surface area contributed by atoms with Crippen molar-refractivity contribution in [1.29, 1.82) is 0 Å². The third-order valence-electron chi connectivity index (χ3n) is 3.31. The lowest BCUT2D eigenvalue weighted by Gasteiger charge is -2.03. The number of carbonyl (C=O) groups is 2. The molecule has 0 aliphatic rings. The first-order valence-corrected chi connectivity index (χ1v) is 7.62. The Kier molecular flexibility index (Phi) is 10.4. The van der Waals surface area contributed by atoms with Gasteiger partial charge in [-0.3, -0.25) is 0 Å². The predicted octanol–water partition coefficient (Wildman–Crippen LogP) is 4.92. The van der Waals surface area contributed by atoms with Crippen LogP contribution >= 0.6 is 0 Å². The molecule has 4 heteroatoms. The number of benzene rings is 1. The van der Waals surface area contributed by atoms with Gasteiger partial charge in [0.1, 0.15) is 0 Å². The minimum atomic E-state index is -1.11. The Hall–Kier alpha value is -2.10. The zero-order chi connectivity index (χ0) is 17.0. The summed E-state index contributed by atoms with van der Waals surface area (Å²) in [6.45, 7) is 7.40. The number of carboxylic acid groups (broad SMARTS) is 2. The van der Waals surface area contributed by atoms with Crippen LogP contribution in [0, 0.1) is 6.92 Å². The van der Waals surface area contributed by atoms with Gasteiger partial charge < -0.3 is 10.2 Å². The summed E-state index contributed by atoms with van der Waals surface area (Å²) in [5.74, 6) is -2.22. The van der Waals surface area contributed by atoms with Crippen molar-refractivity contribution in [3.05, 3.63) is 47.5 Å². The quantitative estimate of drug-likeness (QED) is 0.528. The molecule has 2 N–H and O–H groups in total. The van der Waals surface area contributed by atoms with Crippen LogP contribution < -0.4 is 0 Å². The Bertz CT molecular complexity index is 460. The maximum absolute atomic E-state index is 10.6. The standard InChI is InChI=1S/C9H8O4.C9H18/c1-5-6(8(10)11)3-2-4-7(5)9(12)13;1-3-5-7-9-8-6-4-2/h2-4H,1H3,(H,10,11)(H,12,13);3H,1,4-9H2,2H3. The monoisotopic (exact) mass is 306 g/mol. The second-order valence-electron chi connectivity index (χ2n) is 5.08. The van der Waals surface area contributed by atoms with Gasteiger partial charge in [0.05, 0.1) is 11.1 Å². The number of hydrogen-bond donors (Lipinski definition) is 2. The molecule has 0 radical (unpaired) electrons. The third kappa shape index (κ3) is 7.62. The van der Waals surface area contributed by atoms with Crippen LogP contribution in [0.5, 0.6) is 0 Å². The summed E-state index contributed by atoms with van der Waals surface area (Å²) >= 11 is 0. The van der Waals surface area contributed by atoms with Gasteiger partial charge in [-0.2, -0.15) is 0 Å². The van der Waals surface area contributed by atoms with Crippen LogP contribution in [0.25, 0.3) is 0 Å². The number of aromatic carboxylic acids is 2. The molecule has 122 valence electrons. The largest absolute Gasteiger partial charge is 0.478 e. The molecule has 0 aliphatic carbocycles. The first-order chi connectivity index (χ1) is 10.5. The van der Waals surface area contributed by atoms with Crippen molar-refractivity contribution in [3.8, 4) is 0 Å². The molecular formula is C18H26O4. The van der Waals surface area contributed by atoms with Gasteiger partial charge >= 0.3 is 11.9 Å². The number of rotatable bonds is 8. The topological polar surface area (TPSA) is 74.6 Å². The van der Waals surface area contributed by atoms with Gasteiger partial charge in [0, 0.05) is 0 Å². The molecule has 1 aromatic carbocycles. The Labute approximate surface area is 132 Å². The average molecular weight is 306 g/mol. The van der Waals surface area contributed by atoms with Crippen molar-refractivity contribution in [2.75, 3.05) is 0 Å². The highest BCUT2D eigenvalue weighted by Gasteiger charge is 2.13. The molecule has 0 aliphatic heterocycles. The maximum atomic E-state index is 10.6. The van der Waals surface area contributed by atoms with Crippen molar-refractivity contribution >= 4 is 11.9 Å². The highest BCUT2D eigenvalue weighted by molar-refractivity contribution is 5.96. The summed E-state index contributed by atoms with van der Waals surface area (Å²) in [4.78, 5) is 21.2. The summed E-state index contributed by atoms with van der Waals surface area (Å²) in [6, 6.07) is 4.17. The average Bonchev–Trinajstić information content (AvgIpc) is 2.47. The zero-order valence-electron chi connectivity index (χ0n) is 13.5. The molecule has 0 unspecified atom stereocenters. The van der Waals surface area contributed by atoms with Gasteiger partial charge in [-0.05, 0) is 37.5 Å². The molecule has 22 heavy (non-hydrogen) atoms. The normalized spacial score (nSPS) is 9.55.